The minimum absolute atomic E-state index is 0.0378. The minimum atomic E-state index is -0.544. The third-order valence-electron chi connectivity index (χ3n) is 5.81. The normalized spacial score (nSPS) is 15.1. The molecular weight excluding hydrogens is 470 g/mol. The molecule has 182 valence electrons. The summed E-state index contributed by atoms with van der Waals surface area (Å²) < 4.78 is 16.3. The van der Waals surface area contributed by atoms with E-state index in [4.69, 9.17) is 30.9 Å². The SMILES string of the molecule is COC(=O)c1ccc(N2C(=O)Cc3cc(OC)c(OC(C)C)cc3C2c2ccc(Cl)cc2)c([OH2+])c1. The van der Waals surface area contributed by atoms with E-state index in [0.717, 1.165) is 16.7 Å². The maximum absolute atomic E-state index is 13.6. The zero-order chi connectivity index (χ0) is 25.3. The molecule has 0 spiro atoms. The van der Waals surface area contributed by atoms with Crippen molar-refractivity contribution in [2.24, 2.45) is 0 Å². The number of hydrogen-bond acceptors (Lipinski definition) is 5. The topological polar surface area (TPSA) is 88.0 Å². The van der Waals surface area contributed by atoms with Gasteiger partial charge in [-0.05, 0) is 66.9 Å². The highest BCUT2D eigenvalue weighted by Crippen LogP contribution is 2.45. The zero-order valence-corrected chi connectivity index (χ0v) is 20.7. The Kier molecular flexibility index (Phi) is 6.89. The largest absolute Gasteiger partial charge is 0.592 e. The van der Waals surface area contributed by atoms with Crippen LogP contribution in [0.3, 0.4) is 0 Å². The van der Waals surface area contributed by atoms with E-state index in [0.29, 0.717) is 22.2 Å². The van der Waals surface area contributed by atoms with Crippen LogP contribution in [0.4, 0.5) is 5.69 Å². The second kappa shape index (κ2) is 9.88. The predicted molar refractivity (Wildman–Crippen MR) is 134 cm³/mol. The summed E-state index contributed by atoms with van der Waals surface area (Å²) in [6.45, 7) is 3.86. The van der Waals surface area contributed by atoms with Crippen LogP contribution in [0.1, 0.15) is 46.9 Å². The second-order valence-electron chi connectivity index (χ2n) is 8.49. The highest BCUT2D eigenvalue weighted by atomic mass is 35.5. The minimum Gasteiger partial charge on any atom is -0.592 e. The number of amides is 1. The highest BCUT2D eigenvalue weighted by Gasteiger charge is 2.38. The van der Waals surface area contributed by atoms with Gasteiger partial charge < -0.3 is 19.3 Å². The van der Waals surface area contributed by atoms with Crippen LogP contribution in [0.15, 0.2) is 54.6 Å². The molecule has 1 heterocycles. The Balaban J connectivity index is 1.92. The fraction of sp³-hybridized carbons (Fsp3) is 0.259. The second-order valence-corrected chi connectivity index (χ2v) is 8.92. The molecule has 0 saturated heterocycles. The monoisotopic (exact) mass is 496 g/mol. The van der Waals surface area contributed by atoms with Crippen LogP contribution >= 0.6 is 11.6 Å². The standard InChI is InChI=1S/C27H26ClNO6/c1-15(2)35-24-14-20-18(12-23(24)33-3)13-25(31)29(26(20)16-5-8-19(28)9-6-16)21-10-7-17(11-22(21)30)27(32)34-4/h5-12,14-15,26,30H,13H2,1-4H3/p+1. The first-order chi connectivity index (χ1) is 16.7. The third-order valence-corrected chi connectivity index (χ3v) is 6.07. The molecule has 4 rings (SSSR count). The summed E-state index contributed by atoms with van der Waals surface area (Å²) in [7, 11) is 2.85. The highest BCUT2D eigenvalue weighted by molar-refractivity contribution is 6.30. The number of carbonyl (C=O) groups excluding carboxylic acids is 2. The number of halogens is 1. The summed E-state index contributed by atoms with van der Waals surface area (Å²) in [5.74, 6) is 0.434. The summed E-state index contributed by atoms with van der Waals surface area (Å²) in [4.78, 5) is 27.1. The summed E-state index contributed by atoms with van der Waals surface area (Å²) >= 11 is 6.15. The fourth-order valence-electron chi connectivity index (χ4n) is 4.30. The molecule has 1 aliphatic heterocycles. The van der Waals surface area contributed by atoms with E-state index >= 15 is 0 Å². The summed E-state index contributed by atoms with van der Waals surface area (Å²) in [6, 6.07) is 15.0. The van der Waals surface area contributed by atoms with E-state index in [9.17, 15) is 9.59 Å². The first-order valence-corrected chi connectivity index (χ1v) is 11.5. The maximum atomic E-state index is 13.6. The molecule has 8 heteroatoms. The molecule has 1 atom stereocenters. The van der Waals surface area contributed by atoms with Crippen LogP contribution in [-0.4, -0.2) is 37.3 Å². The molecule has 0 radical (unpaired) electrons. The van der Waals surface area contributed by atoms with Gasteiger partial charge in [0.15, 0.2) is 11.5 Å². The smallest absolute Gasteiger partial charge is 0.338 e. The van der Waals surface area contributed by atoms with Gasteiger partial charge in [-0.25, -0.2) is 4.79 Å². The van der Waals surface area contributed by atoms with Crippen molar-refractivity contribution in [1.29, 1.82) is 0 Å². The summed E-state index contributed by atoms with van der Waals surface area (Å²) in [6.07, 6.45) is 0.0404. The van der Waals surface area contributed by atoms with Gasteiger partial charge in [-0.2, -0.15) is 0 Å². The molecular formula is C27H27ClNO6+. The van der Waals surface area contributed by atoms with Gasteiger partial charge >= 0.3 is 5.97 Å². The fourth-order valence-corrected chi connectivity index (χ4v) is 4.43. The van der Waals surface area contributed by atoms with Crippen LogP contribution in [-0.2, 0) is 16.0 Å². The van der Waals surface area contributed by atoms with E-state index in [1.54, 1.807) is 36.3 Å². The van der Waals surface area contributed by atoms with Crippen molar-refractivity contribution in [3.8, 4) is 17.2 Å². The molecule has 0 saturated carbocycles. The van der Waals surface area contributed by atoms with Crippen molar-refractivity contribution in [3.63, 3.8) is 0 Å². The van der Waals surface area contributed by atoms with Crippen molar-refractivity contribution in [3.05, 3.63) is 81.9 Å². The zero-order valence-electron chi connectivity index (χ0n) is 19.9. The molecule has 1 aliphatic rings. The average molecular weight is 497 g/mol. The van der Waals surface area contributed by atoms with Gasteiger partial charge in [0.05, 0.1) is 44.4 Å². The molecule has 3 aromatic carbocycles. The van der Waals surface area contributed by atoms with Crippen molar-refractivity contribution in [2.75, 3.05) is 19.1 Å². The Bertz CT molecular complexity index is 1270. The molecule has 7 nitrogen and oxygen atoms in total. The number of methoxy groups -OCH3 is 2. The lowest BCUT2D eigenvalue weighted by molar-refractivity contribution is -0.118. The number of anilines is 1. The van der Waals surface area contributed by atoms with Crippen molar-refractivity contribution < 1.29 is 28.9 Å². The lowest BCUT2D eigenvalue weighted by Crippen LogP contribution is -2.41. The van der Waals surface area contributed by atoms with Crippen LogP contribution < -0.4 is 14.4 Å². The van der Waals surface area contributed by atoms with Gasteiger partial charge in [-0.1, -0.05) is 23.7 Å². The number of hydrogen-bond donors (Lipinski definition) is 0. The first-order valence-electron chi connectivity index (χ1n) is 11.1. The van der Waals surface area contributed by atoms with Gasteiger partial charge in [-0.3, -0.25) is 9.69 Å². The molecule has 3 aromatic rings. The number of rotatable bonds is 6. The Hall–Kier alpha value is -3.71. The summed E-state index contributed by atoms with van der Waals surface area (Å²) in [5, 5.41) is 9.18. The number of esters is 1. The van der Waals surface area contributed by atoms with E-state index in [2.05, 4.69) is 0 Å². The van der Waals surface area contributed by atoms with Crippen LogP contribution in [0, 0.1) is 0 Å². The number of benzene rings is 3. The number of ether oxygens (including phenoxy) is 3. The van der Waals surface area contributed by atoms with Gasteiger partial charge in [0.2, 0.25) is 5.91 Å². The quantitative estimate of drug-likeness (QED) is 0.352. The average Bonchev–Trinajstić information content (AvgIpc) is 2.83. The molecule has 1 amide bonds. The van der Waals surface area contributed by atoms with Crippen molar-refractivity contribution >= 4 is 29.2 Å². The third kappa shape index (κ3) is 4.77. The molecule has 0 bridgehead atoms. The van der Waals surface area contributed by atoms with Crippen LogP contribution in [0.25, 0.3) is 0 Å². The van der Waals surface area contributed by atoms with E-state index in [1.807, 2.05) is 38.1 Å². The number of fused-ring (bicyclic) bond motifs is 1. The molecule has 0 aromatic heterocycles. The van der Waals surface area contributed by atoms with Gasteiger partial charge in [0, 0.05) is 5.02 Å². The Morgan fingerprint density at radius 2 is 1.77 bits per heavy atom. The maximum Gasteiger partial charge on any atom is 0.338 e. The molecule has 2 N–H and O–H groups in total. The van der Waals surface area contributed by atoms with Gasteiger partial charge in [0.1, 0.15) is 5.69 Å². The molecule has 0 aliphatic carbocycles. The van der Waals surface area contributed by atoms with Gasteiger partial charge in [0.25, 0.3) is 5.75 Å². The lowest BCUT2D eigenvalue weighted by Gasteiger charge is -2.37. The Labute approximate surface area is 208 Å². The van der Waals surface area contributed by atoms with E-state index in [-0.39, 0.29) is 29.7 Å². The molecule has 1 unspecified atom stereocenters. The predicted octanol–water partition coefficient (Wildman–Crippen LogP) is 5.04. The van der Waals surface area contributed by atoms with Crippen molar-refractivity contribution in [2.45, 2.75) is 32.4 Å². The Morgan fingerprint density at radius 1 is 1.06 bits per heavy atom. The molecule has 35 heavy (non-hydrogen) atoms. The molecule has 0 fully saturated rings. The summed E-state index contributed by atoms with van der Waals surface area (Å²) in [5.41, 5.74) is 3.12. The lowest BCUT2D eigenvalue weighted by atomic mass is 9.86. The van der Waals surface area contributed by atoms with E-state index in [1.165, 1.54) is 13.2 Å². The number of carbonyl (C=O) groups is 2. The van der Waals surface area contributed by atoms with Crippen molar-refractivity contribution in [1.82, 2.24) is 0 Å². The van der Waals surface area contributed by atoms with Crippen LogP contribution in [0.5, 0.6) is 17.2 Å². The number of nitrogens with zero attached hydrogens (tertiary/aromatic N) is 1. The van der Waals surface area contributed by atoms with Crippen LogP contribution in [0.2, 0.25) is 5.02 Å². The van der Waals surface area contributed by atoms with E-state index < -0.39 is 12.0 Å². The Morgan fingerprint density at radius 3 is 2.37 bits per heavy atom. The first kappa shape index (κ1) is 24.4. The van der Waals surface area contributed by atoms with Gasteiger partial charge in [-0.15, -0.1) is 0 Å².